The van der Waals surface area contributed by atoms with Crippen LogP contribution in [0.4, 0.5) is 0 Å². The zero-order valence-corrected chi connectivity index (χ0v) is 12.9. The smallest absolute Gasteiger partial charge is 0.128 e. The molecule has 1 saturated heterocycles. The Morgan fingerprint density at radius 3 is 2.95 bits per heavy atom. The fourth-order valence-electron chi connectivity index (χ4n) is 3.16. The van der Waals surface area contributed by atoms with Crippen LogP contribution in [0.5, 0.6) is 5.75 Å². The average Bonchev–Trinajstić information content (AvgIpc) is 2.43. The number of pyridine rings is 1. The highest BCUT2D eigenvalue weighted by atomic mass is 16.5. The maximum absolute atomic E-state index is 9.09. The summed E-state index contributed by atoms with van der Waals surface area (Å²) < 4.78 is 5.47. The van der Waals surface area contributed by atoms with E-state index in [-0.39, 0.29) is 0 Å². The standard InChI is InChI=1S/C16H26N2O2/c1-12-9-17-15(13(2)16(12)20-3)11-18-7-4-5-14(10-18)6-8-19/h9,14,19H,4-8,10-11H2,1-3H3. The molecule has 4 nitrogen and oxygen atoms in total. The van der Waals surface area contributed by atoms with Gasteiger partial charge in [0.25, 0.3) is 0 Å². The molecule has 112 valence electrons. The van der Waals surface area contributed by atoms with Crippen molar-refractivity contribution in [1.29, 1.82) is 0 Å². The molecule has 0 aliphatic carbocycles. The summed E-state index contributed by atoms with van der Waals surface area (Å²) in [7, 11) is 1.72. The number of piperidine rings is 1. The van der Waals surface area contributed by atoms with E-state index >= 15 is 0 Å². The Bertz CT molecular complexity index is 446. The lowest BCUT2D eigenvalue weighted by Crippen LogP contribution is -2.35. The van der Waals surface area contributed by atoms with Crippen LogP contribution in [0.2, 0.25) is 0 Å². The van der Waals surface area contributed by atoms with Gasteiger partial charge in [-0.25, -0.2) is 0 Å². The first-order valence-electron chi connectivity index (χ1n) is 7.48. The molecule has 1 aliphatic heterocycles. The highest BCUT2D eigenvalue weighted by Crippen LogP contribution is 2.26. The summed E-state index contributed by atoms with van der Waals surface area (Å²) in [4.78, 5) is 7.03. The van der Waals surface area contributed by atoms with Gasteiger partial charge in [-0.15, -0.1) is 0 Å². The van der Waals surface area contributed by atoms with Crippen molar-refractivity contribution in [3.05, 3.63) is 23.0 Å². The van der Waals surface area contributed by atoms with Crippen molar-refractivity contribution >= 4 is 0 Å². The maximum atomic E-state index is 9.09. The minimum Gasteiger partial charge on any atom is -0.496 e. The van der Waals surface area contributed by atoms with E-state index in [4.69, 9.17) is 9.84 Å². The number of methoxy groups -OCH3 is 1. The minimum atomic E-state index is 0.300. The summed E-state index contributed by atoms with van der Waals surface area (Å²) in [5.41, 5.74) is 3.35. The molecule has 2 heterocycles. The number of nitrogens with zero attached hydrogens (tertiary/aromatic N) is 2. The molecule has 4 heteroatoms. The van der Waals surface area contributed by atoms with Gasteiger partial charge in [0.2, 0.25) is 0 Å². The van der Waals surface area contributed by atoms with Crippen molar-refractivity contribution in [2.24, 2.45) is 5.92 Å². The van der Waals surface area contributed by atoms with Gasteiger partial charge in [0.05, 0.1) is 12.8 Å². The third-order valence-electron chi connectivity index (χ3n) is 4.26. The monoisotopic (exact) mass is 278 g/mol. The maximum Gasteiger partial charge on any atom is 0.128 e. The van der Waals surface area contributed by atoms with Crippen LogP contribution in [0, 0.1) is 19.8 Å². The lowest BCUT2D eigenvalue weighted by Gasteiger charge is -2.32. The molecule has 0 amide bonds. The number of aliphatic hydroxyl groups is 1. The van der Waals surface area contributed by atoms with Crippen LogP contribution < -0.4 is 4.74 Å². The molecule has 0 radical (unpaired) electrons. The molecule has 1 unspecified atom stereocenters. The van der Waals surface area contributed by atoms with Crippen LogP contribution in [-0.2, 0) is 6.54 Å². The number of ether oxygens (including phenoxy) is 1. The summed E-state index contributed by atoms with van der Waals surface area (Å²) in [6.45, 7) is 7.49. The molecular formula is C16H26N2O2. The van der Waals surface area contributed by atoms with Crippen LogP contribution in [0.25, 0.3) is 0 Å². The van der Waals surface area contributed by atoms with Gasteiger partial charge >= 0.3 is 0 Å². The summed E-state index contributed by atoms with van der Waals surface area (Å²) in [5.74, 6) is 1.58. The quantitative estimate of drug-likeness (QED) is 0.897. The first-order valence-corrected chi connectivity index (χ1v) is 7.48. The summed E-state index contributed by atoms with van der Waals surface area (Å²) in [6, 6.07) is 0. The van der Waals surface area contributed by atoms with Crippen molar-refractivity contribution in [2.45, 2.75) is 39.7 Å². The number of hydrogen-bond donors (Lipinski definition) is 1. The number of rotatable bonds is 5. The van der Waals surface area contributed by atoms with Gasteiger partial charge in [0.15, 0.2) is 0 Å². The van der Waals surface area contributed by atoms with Gasteiger partial charge in [-0.05, 0) is 45.6 Å². The second-order valence-corrected chi connectivity index (χ2v) is 5.80. The molecule has 0 bridgehead atoms. The molecule has 2 rings (SSSR count). The zero-order chi connectivity index (χ0) is 14.5. The first kappa shape index (κ1) is 15.3. The molecule has 1 fully saturated rings. The van der Waals surface area contributed by atoms with E-state index in [0.717, 1.165) is 48.6 Å². The van der Waals surface area contributed by atoms with E-state index in [1.807, 2.05) is 13.1 Å². The number of aryl methyl sites for hydroxylation is 1. The molecule has 1 aromatic rings. The zero-order valence-electron chi connectivity index (χ0n) is 12.9. The Hall–Kier alpha value is -1.13. The SMILES string of the molecule is COc1c(C)cnc(CN2CCCC(CCO)C2)c1C. The number of aromatic nitrogens is 1. The van der Waals surface area contributed by atoms with E-state index < -0.39 is 0 Å². The first-order chi connectivity index (χ1) is 9.65. The molecule has 1 aromatic heterocycles. The summed E-state index contributed by atoms with van der Waals surface area (Å²) in [5, 5.41) is 9.09. The number of hydrogen-bond acceptors (Lipinski definition) is 4. The highest BCUT2D eigenvalue weighted by Gasteiger charge is 2.21. The van der Waals surface area contributed by atoms with Crippen molar-refractivity contribution in [3.8, 4) is 5.75 Å². The summed E-state index contributed by atoms with van der Waals surface area (Å²) in [6.07, 6.45) is 5.27. The largest absolute Gasteiger partial charge is 0.496 e. The van der Waals surface area contributed by atoms with E-state index in [1.165, 1.54) is 12.8 Å². The van der Waals surface area contributed by atoms with E-state index in [9.17, 15) is 0 Å². The van der Waals surface area contributed by atoms with Gasteiger partial charge in [0, 0.05) is 37.0 Å². The van der Waals surface area contributed by atoms with Gasteiger partial charge in [0.1, 0.15) is 5.75 Å². The molecule has 1 aliphatic rings. The van der Waals surface area contributed by atoms with Gasteiger partial charge < -0.3 is 9.84 Å². The molecular weight excluding hydrogens is 252 g/mol. The fourth-order valence-corrected chi connectivity index (χ4v) is 3.16. The van der Waals surface area contributed by atoms with E-state index in [0.29, 0.717) is 12.5 Å². The highest BCUT2D eigenvalue weighted by molar-refractivity contribution is 5.41. The van der Waals surface area contributed by atoms with Gasteiger partial charge in [-0.3, -0.25) is 9.88 Å². The van der Waals surface area contributed by atoms with Gasteiger partial charge in [-0.2, -0.15) is 0 Å². The number of likely N-dealkylation sites (tertiary alicyclic amines) is 1. The second-order valence-electron chi connectivity index (χ2n) is 5.80. The van der Waals surface area contributed by atoms with E-state index in [2.05, 4.69) is 16.8 Å². The topological polar surface area (TPSA) is 45.6 Å². The molecule has 1 atom stereocenters. The van der Waals surface area contributed by atoms with Crippen molar-refractivity contribution in [3.63, 3.8) is 0 Å². The van der Waals surface area contributed by atoms with Crippen LogP contribution in [0.15, 0.2) is 6.20 Å². The minimum absolute atomic E-state index is 0.300. The Balaban J connectivity index is 2.06. The average molecular weight is 278 g/mol. The molecule has 1 N–H and O–H groups in total. The lowest BCUT2D eigenvalue weighted by atomic mass is 9.95. The lowest BCUT2D eigenvalue weighted by molar-refractivity contribution is 0.141. The predicted molar refractivity (Wildman–Crippen MR) is 80.0 cm³/mol. The molecule has 0 saturated carbocycles. The molecule has 20 heavy (non-hydrogen) atoms. The molecule has 0 aromatic carbocycles. The van der Waals surface area contributed by atoms with Crippen molar-refractivity contribution < 1.29 is 9.84 Å². The Morgan fingerprint density at radius 1 is 1.45 bits per heavy atom. The van der Waals surface area contributed by atoms with Gasteiger partial charge in [-0.1, -0.05) is 0 Å². The Labute approximate surface area is 121 Å². The third-order valence-corrected chi connectivity index (χ3v) is 4.26. The molecule has 0 spiro atoms. The Morgan fingerprint density at radius 2 is 2.25 bits per heavy atom. The van der Waals surface area contributed by atoms with Crippen molar-refractivity contribution in [1.82, 2.24) is 9.88 Å². The Kier molecular flexibility index (Phi) is 5.38. The van der Waals surface area contributed by atoms with Crippen LogP contribution >= 0.6 is 0 Å². The van der Waals surface area contributed by atoms with Crippen LogP contribution in [0.3, 0.4) is 0 Å². The number of aliphatic hydroxyl groups excluding tert-OH is 1. The third kappa shape index (κ3) is 3.49. The second kappa shape index (κ2) is 7.04. The van der Waals surface area contributed by atoms with Crippen LogP contribution in [0.1, 0.15) is 36.1 Å². The van der Waals surface area contributed by atoms with E-state index in [1.54, 1.807) is 7.11 Å². The predicted octanol–water partition coefficient (Wildman–Crippen LogP) is 2.30. The summed E-state index contributed by atoms with van der Waals surface area (Å²) >= 11 is 0. The fraction of sp³-hybridized carbons (Fsp3) is 0.688. The van der Waals surface area contributed by atoms with Crippen molar-refractivity contribution in [2.75, 3.05) is 26.8 Å². The van der Waals surface area contributed by atoms with Crippen LogP contribution in [-0.4, -0.2) is 41.8 Å². The normalized spacial score (nSPS) is 20.1.